The number of carbonyl (C=O) groups is 2. The summed E-state index contributed by atoms with van der Waals surface area (Å²) >= 11 is 0. The average molecular weight is 395 g/mol. The normalized spacial score (nSPS) is 18.6. The maximum absolute atomic E-state index is 12.9. The van der Waals surface area contributed by atoms with E-state index in [-0.39, 0.29) is 17.1 Å². The summed E-state index contributed by atoms with van der Waals surface area (Å²) in [6.45, 7) is 6.66. The van der Waals surface area contributed by atoms with Crippen LogP contribution >= 0.6 is 0 Å². The summed E-state index contributed by atoms with van der Waals surface area (Å²) in [5.41, 5.74) is 0.998. The van der Waals surface area contributed by atoms with Crippen molar-refractivity contribution in [3.8, 4) is 5.75 Å². The van der Waals surface area contributed by atoms with Crippen molar-refractivity contribution in [1.82, 2.24) is 14.8 Å². The van der Waals surface area contributed by atoms with Gasteiger partial charge in [0.1, 0.15) is 11.5 Å². The molecule has 152 valence electrons. The first-order valence-electron chi connectivity index (χ1n) is 9.68. The molecule has 1 unspecified atom stereocenters. The van der Waals surface area contributed by atoms with Gasteiger partial charge in [0.15, 0.2) is 0 Å². The van der Waals surface area contributed by atoms with Crippen LogP contribution in [-0.2, 0) is 9.59 Å². The third-order valence-corrected chi connectivity index (χ3v) is 5.23. The van der Waals surface area contributed by atoms with Crippen molar-refractivity contribution in [1.29, 1.82) is 0 Å². The number of aromatic hydroxyl groups is 1. The second-order valence-electron chi connectivity index (χ2n) is 6.85. The Bertz CT molecular complexity index is 923. The molecule has 0 radical (unpaired) electrons. The maximum Gasteiger partial charge on any atom is 0.295 e. The van der Waals surface area contributed by atoms with Crippen molar-refractivity contribution in [3.05, 3.63) is 65.5 Å². The summed E-state index contributed by atoms with van der Waals surface area (Å²) in [6.07, 6.45) is 3.02. The number of amides is 1. The predicted octanol–water partition coefficient (Wildman–Crippen LogP) is 2.55. The van der Waals surface area contributed by atoms with Gasteiger partial charge in [0.25, 0.3) is 11.7 Å². The van der Waals surface area contributed by atoms with Gasteiger partial charge in [0.05, 0.1) is 11.6 Å². The highest BCUT2D eigenvalue weighted by Gasteiger charge is 2.46. The Morgan fingerprint density at radius 2 is 1.83 bits per heavy atom. The fourth-order valence-electron chi connectivity index (χ4n) is 3.61. The highest BCUT2D eigenvalue weighted by molar-refractivity contribution is 6.46. The van der Waals surface area contributed by atoms with E-state index in [1.165, 1.54) is 29.4 Å². The first-order chi connectivity index (χ1) is 14.0. The Morgan fingerprint density at radius 3 is 2.45 bits per heavy atom. The van der Waals surface area contributed by atoms with Gasteiger partial charge in [0, 0.05) is 31.0 Å². The van der Waals surface area contributed by atoms with Crippen LogP contribution in [0.25, 0.3) is 5.76 Å². The molecule has 1 aromatic heterocycles. The molecule has 29 heavy (non-hydrogen) atoms. The molecule has 1 aliphatic heterocycles. The summed E-state index contributed by atoms with van der Waals surface area (Å²) in [7, 11) is 0. The fourth-order valence-corrected chi connectivity index (χ4v) is 3.61. The number of phenolic OH excluding ortho intramolecular Hbond substituents is 1. The maximum atomic E-state index is 12.9. The van der Waals surface area contributed by atoms with E-state index in [0.29, 0.717) is 24.2 Å². The monoisotopic (exact) mass is 395 g/mol. The number of hydrogen-bond donors (Lipinski definition) is 2. The topological polar surface area (TPSA) is 94.0 Å². The van der Waals surface area contributed by atoms with Gasteiger partial charge < -0.3 is 20.0 Å². The number of Topliss-reactive ketones (excluding diaryl/α,β-unsaturated/α-hetero) is 1. The van der Waals surface area contributed by atoms with Gasteiger partial charge in [-0.15, -0.1) is 0 Å². The standard InChI is InChI=1S/C22H25N3O4/c1-3-24(4-2)12-13-25-19(16-6-5-7-17(26)14-16)18(21(28)22(25)29)20(27)15-8-10-23-11-9-15/h5-11,14,19,26-27H,3-4,12-13H2,1-2H3/b20-18+. The number of benzene rings is 1. The van der Waals surface area contributed by atoms with Gasteiger partial charge in [0.2, 0.25) is 0 Å². The minimum absolute atomic E-state index is 0.0198. The van der Waals surface area contributed by atoms with Gasteiger partial charge in [-0.25, -0.2) is 0 Å². The third kappa shape index (κ3) is 4.14. The van der Waals surface area contributed by atoms with Crippen LogP contribution < -0.4 is 0 Å². The van der Waals surface area contributed by atoms with E-state index in [4.69, 9.17) is 0 Å². The van der Waals surface area contributed by atoms with Crippen LogP contribution in [0.5, 0.6) is 5.75 Å². The van der Waals surface area contributed by atoms with Crippen molar-refractivity contribution in [2.75, 3.05) is 26.2 Å². The van der Waals surface area contributed by atoms with E-state index in [9.17, 15) is 19.8 Å². The number of aliphatic hydroxyl groups is 1. The van der Waals surface area contributed by atoms with Gasteiger partial charge in [-0.3, -0.25) is 14.6 Å². The average Bonchev–Trinajstić information content (AvgIpc) is 2.99. The summed E-state index contributed by atoms with van der Waals surface area (Å²) in [4.78, 5) is 33.3. The highest BCUT2D eigenvalue weighted by Crippen LogP contribution is 2.39. The number of carbonyl (C=O) groups excluding carboxylic acids is 2. The molecule has 7 nitrogen and oxygen atoms in total. The van der Waals surface area contributed by atoms with E-state index in [1.54, 1.807) is 24.3 Å². The van der Waals surface area contributed by atoms with E-state index in [0.717, 1.165) is 13.1 Å². The number of nitrogens with zero attached hydrogens (tertiary/aromatic N) is 3. The van der Waals surface area contributed by atoms with Crippen molar-refractivity contribution in [3.63, 3.8) is 0 Å². The summed E-state index contributed by atoms with van der Waals surface area (Å²) < 4.78 is 0. The fraction of sp³-hybridized carbons (Fsp3) is 0.318. The zero-order valence-corrected chi connectivity index (χ0v) is 16.6. The molecule has 0 aliphatic carbocycles. The number of ketones is 1. The molecular formula is C22H25N3O4. The Morgan fingerprint density at radius 1 is 1.14 bits per heavy atom. The highest BCUT2D eigenvalue weighted by atomic mass is 16.3. The molecule has 1 aliphatic rings. The smallest absolute Gasteiger partial charge is 0.295 e. The number of aliphatic hydroxyl groups excluding tert-OH is 1. The van der Waals surface area contributed by atoms with Crippen LogP contribution in [0.15, 0.2) is 54.4 Å². The Kier molecular flexibility index (Phi) is 6.29. The molecule has 2 heterocycles. The third-order valence-electron chi connectivity index (χ3n) is 5.23. The molecule has 2 N–H and O–H groups in total. The van der Waals surface area contributed by atoms with Crippen LogP contribution in [0.2, 0.25) is 0 Å². The lowest BCUT2D eigenvalue weighted by molar-refractivity contribution is -0.140. The molecule has 0 spiro atoms. The molecule has 2 aromatic rings. The first-order valence-corrected chi connectivity index (χ1v) is 9.68. The lowest BCUT2D eigenvalue weighted by atomic mass is 9.95. The van der Waals surface area contributed by atoms with Crippen LogP contribution in [0.4, 0.5) is 0 Å². The first kappa shape index (κ1) is 20.5. The van der Waals surface area contributed by atoms with Crippen LogP contribution in [-0.4, -0.2) is 62.9 Å². The van der Waals surface area contributed by atoms with Gasteiger partial charge in [-0.1, -0.05) is 26.0 Å². The van der Waals surface area contributed by atoms with E-state index in [1.807, 2.05) is 13.8 Å². The van der Waals surface area contributed by atoms with Gasteiger partial charge in [-0.05, 0) is 42.9 Å². The number of aromatic nitrogens is 1. The second-order valence-corrected chi connectivity index (χ2v) is 6.85. The predicted molar refractivity (Wildman–Crippen MR) is 109 cm³/mol. The number of phenols is 1. The van der Waals surface area contributed by atoms with Crippen molar-refractivity contribution in [2.45, 2.75) is 19.9 Å². The van der Waals surface area contributed by atoms with Gasteiger partial charge >= 0.3 is 0 Å². The Labute approximate surface area is 169 Å². The molecule has 3 rings (SSSR count). The summed E-state index contributed by atoms with van der Waals surface area (Å²) in [5.74, 6) is -1.60. The van der Waals surface area contributed by atoms with Crippen molar-refractivity contribution in [2.24, 2.45) is 0 Å². The molecule has 0 saturated carbocycles. The van der Waals surface area contributed by atoms with Crippen molar-refractivity contribution >= 4 is 17.4 Å². The lowest BCUT2D eigenvalue weighted by Crippen LogP contribution is -2.38. The lowest BCUT2D eigenvalue weighted by Gasteiger charge is -2.28. The molecule has 1 amide bonds. The molecule has 1 fully saturated rings. The molecule has 0 bridgehead atoms. The molecule has 1 saturated heterocycles. The molecule has 1 aromatic carbocycles. The largest absolute Gasteiger partial charge is 0.508 e. The zero-order valence-electron chi connectivity index (χ0n) is 16.6. The van der Waals surface area contributed by atoms with Crippen molar-refractivity contribution < 1.29 is 19.8 Å². The Hall–Kier alpha value is -3.19. The van der Waals surface area contributed by atoms with E-state index in [2.05, 4.69) is 9.88 Å². The minimum Gasteiger partial charge on any atom is -0.508 e. The molecule has 1 atom stereocenters. The number of rotatable bonds is 7. The summed E-state index contributed by atoms with van der Waals surface area (Å²) in [6, 6.07) is 8.82. The summed E-state index contributed by atoms with van der Waals surface area (Å²) in [5, 5.41) is 20.8. The minimum atomic E-state index is -0.772. The SMILES string of the molecule is CCN(CC)CCN1C(=O)C(=O)/C(=C(/O)c2ccncc2)C1c1cccc(O)c1. The molecule has 7 heteroatoms. The number of likely N-dealkylation sites (tertiary alicyclic amines) is 1. The van der Waals surface area contributed by atoms with Crippen LogP contribution in [0, 0.1) is 0 Å². The number of hydrogen-bond acceptors (Lipinski definition) is 6. The van der Waals surface area contributed by atoms with Gasteiger partial charge in [-0.2, -0.15) is 0 Å². The van der Waals surface area contributed by atoms with Crippen LogP contribution in [0.3, 0.4) is 0 Å². The number of likely N-dealkylation sites (N-methyl/N-ethyl adjacent to an activating group) is 1. The van der Waals surface area contributed by atoms with E-state index >= 15 is 0 Å². The quantitative estimate of drug-likeness (QED) is 0.425. The second kappa shape index (κ2) is 8.87. The Balaban J connectivity index is 2.09. The zero-order chi connectivity index (χ0) is 21.0. The molecular weight excluding hydrogens is 370 g/mol. The van der Waals surface area contributed by atoms with Crippen LogP contribution in [0.1, 0.15) is 31.0 Å². The van der Waals surface area contributed by atoms with E-state index < -0.39 is 17.7 Å². The number of pyridine rings is 1.